The van der Waals surface area contributed by atoms with Crippen molar-refractivity contribution in [1.29, 1.82) is 5.26 Å². The zero-order valence-electron chi connectivity index (χ0n) is 12.8. The lowest BCUT2D eigenvalue weighted by molar-refractivity contribution is 0.411. The highest BCUT2D eigenvalue weighted by Gasteiger charge is 2.31. The van der Waals surface area contributed by atoms with Gasteiger partial charge in [0.2, 0.25) is 0 Å². The summed E-state index contributed by atoms with van der Waals surface area (Å²) in [6, 6.07) is 3.01. The summed E-state index contributed by atoms with van der Waals surface area (Å²) in [5.74, 6) is 0.848. The molecular formula is C14H23N5OS. The summed E-state index contributed by atoms with van der Waals surface area (Å²) in [4.78, 5) is 11.6. The highest BCUT2D eigenvalue weighted by Crippen LogP contribution is 2.25. The second-order valence-electron chi connectivity index (χ2n) is 6.09. The fraction of sp³-hybridized carbons (Fsp3) is 0.786. The molecular weight excluding hydrogens is 286 g/mol. The molecule has 1 heterocycles. The topological polar surface area (TPSA) is 86.5 Å². The van der Waals surface area contributed by atoms with Gasteiger partial charge in [-0.1, -0.05) is 11.8 Å². The van der Waals surface area contributed by atoms with Crippen LogP contribution >= 0.6 is 11.8 Å². The van der Waals surface area contributed by atoms with E-state index in [1.807, 2.05) is 20.8 Å². The Labute approximate surface area is 129 Å². The Hall–Kier alpha value is -1.26. The SMILES string of the molecule is CC(C)n1c(SCCCC(C)(C#N)NC2CC2)n[nH]c1=O. The van der Waals surface area contributed by atoms with Crippen molar-refractivity contribution in [2.75, 3.05) is 5.75 Å². The molecule has 6 nitrogen and oxygen atoms in total. The van der Waals surface area contributed by atoms with Gasteiger partial charge in [0, 0.05) is 17.8 Å². The van der Waals surface area contributed by atoms with E-state index in [-0.39, 0.29) is 11.7 Å². The first-order valence-corrected chi connectivity index (χ1v) is 8.42. The van der Waals surface area contributed by atoms with Crippen LogP contribution in [0.15, 0.2) is 9.95 Å². The average molecular weight is 309 g/mol. The summed E-state index contributed by atoms with van der Waals surface area (Å²) in [5.41, 5.74) is -0.602. The Kier molecular flexibility index (Phi) is 5.12. The first kappa shape index (κ1) is 16.1. The molecule has 1 aliphatic carbocycles. The van der Waals surface area contributed by atoms with E-state index in [0.29, 0.717) is 6.04 Å². The fourth-order valence-electron chi connectivity index (χ4n) is 2.28. The van der Waals surface area contributed by atoms with Crippen LogP contribution in [0.5, 0.6) is 0 Å². The van der Waals surface area contributed by atoms with Crippen LogP contribution in [0, 0.1) is 11.3 Å². The zero-order chi connectivity index (χ0) is 15.5. The van der Waals surface area contributed by atoms with Crippen molar-refractivity contribution in [1.82, 2.24) is 20.1 Å². The van der Waals surface area contributed by atoms with Crippen molar-refractivity contribution >= 4 is 11.8 Å². The number of hydrogen-bond donors (Lipinski definition) is 2. The van der Waals surface area contributed by atoms with Gasteiger partial charge >= 0.3 is 5.69 Å². The second kappa shape index (κ2) is 6.67. The second-order valence-corrected chi connectivity index (χ2v) is 7.15. The quantitative estimate of drug-likeness (QED) is 0.567. The minimum Gasteiger partial charge on any atom is -0.297 e. The highest BCUT2D eigenvalue weighted by atomic mass is 32.2. The Morgan fingerprint density at radius 1 is 1.62 bits per heavy atom. The highest BCUT2D eigenvalue weighted by molar-refractivity contribution is 7.99. The number of rotatable bonds is 8. The van der Waals surface area contributed by atoms with Crippen molar-refractivity contribution in [3.8, 4) is 6.07 Å². The summed E-state index contributed by atoms with van der Waals surface area (Å²) < 4.78 is 1.66. The van der Waals surface area contributed by atoms with Gasteiger partial charge in [0.1, 0.15) is 5.54 Å². The molecule has 0 amide bonds. The minimum absolute atomic E-state index is 0.0969. The zero-order valence-corrected chi connectivity index (χ0v) is 13.7. The van der Waals surface area contributed by atoms with Crippen LogP contribution in [0.1, 0.15) is 52.5 Å². The largest absolute Gasteiger partial charge is 0.344 e. The summed E-state index contributed by atoms with van der Waals surface area (Å²) in [6.45, 7) is 5.90. The number of hydrogen-bond acceptors (Lipinski definition) is 5. The molecule has 0 radical (unpaired) electrons. The van der Waals surface area contributed by atoms with Crippen LogP contribution in [-0.4, -0.2) is 32.1 Å². The molecule has 1 aromatic rings. The normalized spacial score (nSPS) is 17.7. The lowest BCUT2D eigenvalue weighted by Gasteiger charge is -2.23. The lowest BCUT2D eigenvalue weighted by Crippen LogP contribution is -2.42. The van der Waals surface area contributed by atoms with E-state index < -0.39 is 5.54 Å². The molecule has 116 valence electrons. The van der Waals surface area contributed by atoms with Gasteiger partial charge in [0.25, 0.3) is 0 Å². The molecule has 1 fully saturated rings. The van der Waals surface area contributed by atoms with Gasteiger partial charge in [-0.2, -0.15) is 5.26 Å². The maximum absolute atomic E-state index is 11.6. The molecule has 1 atom stereocenters. The molecule has 1 aromatic heterocycles. The third-order valence-electron chi connectivity index (χ3n) is 3.59. The third kappa shape index (κ3) is 4.35. The Morgan fingerprint density at radius 2 is 2.33 bits per heavy atom. The maximum Gasteiger partial charge on any atom is 0.344 e. The molecule has 2 rings (SSSR count). The predicted octanol–water partition coefficient (Wildman–Crippen LogP) is 2.06. The maximum atomic E-state index is 11.6. The third-order valence-corrected chi connectivity index (χ3v) is 4.63. The van der Waals surface area contributed by atoms with E-state index >= 15 is 0 Å². The van der Waals surface area contributed by atoms with Crippen LogP contribution < -0.4 is 11.0 Å². The molecule has 0 bridgehead atoms. The molecule has 0 aliphatic heterocycles. The van der Waals surface area contributed by atoms with Gasteiger partial charge < -0.3 is 0 Å². The molecule has 0 spiro atoms. The Balaban J connectivity index is 1.82. The van der Waals surface area contributed by atoms with Gasteiger partial charge in [-0.25, -0.2) is 9.89 Å². The Bertz CT molecular complexity index is 569. The molecule has 1 saturated carbocycles. The van der Waals surface area contributed by atoms with Gasteiger partial charge in [-0.3, -0.25) is 9.88 Å². The molecule has 0 aromatic carbocycles. The molecule has 1 unspecified atom stereocenters. The van der Waals surface area contributed by atoms with Crippen molar-refractivity contribution < 1.29 is 0 Å². The van der Waals surface area contributed by atoms with E-state index in [9.17, 15) is 10.1 Å². The van der Waals surface area contributed by atoms with E-state index in [2.05, 4.69) is 21.6 Å². The van der Waals surface area contributed by atoms with Crippen LogP contribution in [0.4, 0.5) is 0 Å². The van der Waals surface area contributed by atoms with Crippen LogP contribution in [-0.2, 0) is 0 Å². The smallest absolute Gasteiger partial charge is 0.297 e. The molecule has 21 heavy (non-hydrogen) atoms. The molecule has 0 saturated heterocycles. The molecule has 7 heteroatoms. The van der Waals surface area contributed by atoms with Crippen LogP contribution in [0.2, 0.25) is 0 Å². The van der Waals surface area contributed by atoms with E-state index in [4.69, 9.17) is 0 Å². The van der Waals surface area contributed by atoms with Crippen molar-refractivity contribution in [3.05, 3.63) is 10.5 Å². The predicted molar refractivity (Wildman–Crippen MR) is 83.4 cm³/mol. The van der Waals surface area contributed by atoms with Crippen LogP contribution in [0.3, 0.4) is 0 Å². The van der Waals surface area contributed by atoms with Gasteiger partial charge in [-0.05, 0) is 46.5 Å². The molecule has 2 N–H and O–H groups in total. The number of nitriles is 1. The first-order chi connectivity index (χ1) is 9.95. The number of H-pyrrole nitrogens is 1. The van der Waals surface area contributed by atoms with Gasteiger partial charge in [-0.15, -0.1) is 5.10 Å². The first-order valence-electron chi connectivity index (χ1n) is 7.44. The number of nitrogens with zero attached hydrogens (tertiary/aromatic N) is 3. The molecule has 1 aliphatic rings. The average Bonchev–Trinajstić information content (AvgIpc) is 3.15. The number of nitrogens with one attached hydrogen (secondary N) is 2. The van der Waals surface area contributed by atoms with Crippen LogP contribution in [0.25, 0.3) is 0 Å². The van der Waals surface area contributed by atoms with Crippen molar-refractivity contribution in [3.63, 3.8) is 0 Å². The summed E-state index contributed by atoms with van der Waals surface area (Å²) in [6.07, 6.45) is 4.08. The van der Waals surface area contributed by atoms with Gasteiger partial charge in [0.15, 0.2) is 5.16 Å². The summed E-state index contributed by atoms with van der Waals surface area (Å²) >= 11 is 1.57. The standard InChI is InChI=1S/C14H23N5OS/c1-10(2)19-12(20)17-18-13(19)21-8-4-7-14(3,9-15)16-11-5-6-11/h10-11,16H,4-8H2,1-3H3,(H,17,20). The van der Waals surface area contributed by atoms with E-state index in [1.54, 1.807) is 16.3 Å². The van der Waals surface area contributed by atoms with E-state index in [1.165, 1.54) is 12.8 Å². The number of aromatic amines is 1. The monoisotopic (exact) mass is 309 g/mol. The van der Waals surface area contributed by atoms with Crippen molar-refractivity contribution in [2.45, 2.75) is 69.2 Å². The summed E-state index contributed by atoms with van der Waals surface area (Å²) in [7, 11) is 0. The van der Waals surface area contributed by atoms with Crippen molar-refractivity contribution in [2.24, 2.45) is 0 Å². The lowest BCUT2D eigenvalue weighted by atomic mass is 9.98. The number of aromatic nitrogens is 3. The number of thioether (sulfide) groups is 1. The van der Waals surface area contributed by atoms with Gasteiger partial charge in [0.05, 0.1) is 6.07 Å². The van der Waals surface area contributed by atoms with E-state index in [0.717, 1.165) is 23.8 Å². The Morgan fingerprint density at radius 3 is 2.90 bits per heavy atom. The summed E-state index contributed by atoms with van der Waals surface area (Å²) in [5, 5.41) is 20.0. The minimum atomic E-state index is -0.439. The fourth-order valence-corrected chi connectivity index (χ4v) is 3.29.